The van der Waals surface area contributed by atoms with Crippen molar-refractivity contribution >= 4 is 17.1 Å². The third kappa shape index (κ3) is 3.06. The zero-order valence-electron chi connectivity index (χ0n) is 6.90. The van der Waals surface area contributed by atoms with Crippen molar-refractivity contribution < 1.29 is 39.5 Å². The summed E-state index contributed by atoms with van der Waals surface area (Å²) in [4.78, 5) is 14.8. The molecular weight excluding hydrogens is 185 g/mol. The predicted octanol–water partition coefficient (Wildman–Crippen LogP) is -2.49. The van der Waals surface area contributed by atoms with Crippen LogP contribution in [0, 0.1) is 6.92 Å². The molecule has 0 aliphatic carbocycles. The van der Waals surface area contributed by atoms with Crippen molar-refractivity contribution in [3.05, 3.63) is 28.4 Å². The first kappa shape index (κ1) is 11.8. The molecule has 0 N–H and O–H groups in total. The normalized spacial score (nSPS) is 9.75. The summed E-state index contributed by atoms with van der Waals surface area (Å²) in [6.45, 7) is 1.81. The molecule has 1 rings (SSSR count). The summed E-state index contributed by atoms with van der Waals surface area (Å²) in [5.41, 5.74) is 0.347. The van der Waals surface area contributed by atoms with Crippen molar-refractivity contribution in [3.8, 4) is 0 Å². The van der Waals surface area contributed by atoms with Gasteiger partial charge in [-0.15, -0.1) is 17.6 Å². The Bertz CT molecular complexity index is 295. The smallest absolute Gasteiger partial charge is 0.878 e. The van der Waals surface area contributed by atoms with Gasteiger partial charge in [-0.1, -0.05) is 0 Å². The number of nitrogens with zero attached hydrogens (tertiary/aromatic N) is 1. The van der Waals surface area contributed by atoms with Crippen LogP contribution in [-0.4, -0.2) is 10.8 Å². The Morgan fingerprint density at radius 1 is 1.75 bits per heavy atom. The van der Waals surface area contributed by atoms with Crippen LogP contribution in [-0.2, 0) is 0 Å². The van der Waals surface area contributed by atoms with Crippen molar-refractivity contribution in [1.29, 1.82) is 0 Å². The second-order valence-electron chi connectivity index (χ2n) is 1.92. The van der Waals surface area contributed by atoms with Crippen LogP contribution in [0.25, 0.3) is 0 Å². The van der Waals surface area contributed by atoms with Gasteiger partial charge in [0.25, 0.3) is 0 Å². The van der Waals surface area contributed by atoms with Gasteiger partial charge in [-0.05, 0) is 13.0 Å². The van der Waals surface area contributed by atoms with Crippen molar-refractivity contribution in [1.82, 2.24) is 4.98 Å². The van der Waals surface area contributed by atoms with Gasteiger partial charge in [0.2, 0.25) is 5.78 Å². The van der Waals surface area contributed by atoms with Crippen LogP contribution in [0.2, 0.25) is 0 Å². The predicted molar refractivity (Wildman–Crippen MR) is 40.3 cm³/mol. The van der Waals surface area contributed by atoms with Gasteiger partial charge < -0.3 is 5.11 Å². The van der Waals surface area contributed by atoms with E-state index in [0.29, 0.717) is 12.0 Å². The van der Waals surface area contributed by atoms with Gasteiger partial charge in [0.05, 0.1) is 5.01 Å². The van der Waals surface area contributed by atoms with Crippen LogP contribution in [0.3, 0.4) is 0 Å². The van der Waals surface area contributed by atoms with Crippen LogP contribution >= 0.6 is 11.3 Å². The number of aryl methyl sites for hydroxylation is 1. The molecule has 1 heterocycles. The maximum Gasteiger partial charge on any atom is 1.00 e. The standard InChI is InChI=1S/C7H7NO2S.Na/c1-5-8-6(4-11-5)7(10)2-3-9;/h2-4,9H,1H3;/q;+1/p-1/b3-2+;. The van der Waals surface area contributed by atoms with Crippen molar-refractivity contribution in [2.75, 3.05) is 0 Å². The number of carbonyl (C=O) groups is 1. The second-order valence-corrected chi connectivity index (χ2v) is 2.98. The van der Waals surface area contributed by atoms with Gasteiger partial charge in [0, 0.05) is 5.38 Å². The molecule has 12 heavy (non-hydrogen) atoms. The molecule has 1 aromatic heterocycles. The maximum absolute atomic E-state index is 10.9. The zero-order valence-corrected chi connectivity index (χ0v) is 9.72. The van der Waals surface area contributed by atoms with E-state index < -0.39 is 0 Å². The van der Waals surface area contributed by atoms with E-state index in [1.807, 2.05) is 6.92 Å². The minimum atomic E-state index is -0.329. The fourth-order valence-corrected chi connectivity index (χ4v) is 1.23. The van der Waals surface area contributed by atoms with E-state index in [2.05, 4.69) is 4.98 Å². The Labute approximate surface area is 96.4 Å². The van der Waals surface area contributed by atoms with Gasteiger partial charge in [0.15, 0.2) is 0 Å². The molecule has 0 radical (unpaired) electrons. The van der Waals surface area contributed by atoms with E-state index in [-0.39, 0.29) is 35.3 Å². The van der Waals surface area contributed by atoms with Gasteiger partial charge >= 0.3 is 29.6 Å². The molecular formula is C7H6NNaO2S. The Kier molecular flexibility index (Phi) is 5.41. The van der Waals surface area contributed by atoms with Gasteiger partial charge in [-0.2, -0.15) is 0 Å². The van der Waals surface area contributed by atoms with E-state index in [4.69, 9.17) is 0 Å². The first-order chi connectivity index (χ1) is 5.24. The van der Waals surface area contributed by atoms with Gasteiger partial charge in [0.1, 0.15) is 5.69 Å². The SMILES string of the molecule is Cc1nc(C(=O)/C=C/[O-])cs1.[Na+]. The summed E-state index contributed by atoms with van der Waals surface area (Å²) in [5.74, 6) is -0.329. The third-order valence-electron chi connectivity index (χ3n) is 1.09. The van der Waals surface area contributed by atoms with E-state index in [1.165, 1.54) is 11.3 Å². The Morgan fingerprint density at radius 2 is 2.42 bits per heavy atom. The number of allylic oxidation sites excluding steroid dienone is 1. The fraction of sp³-hybridized carbons (Fsp3) is 0.143. The quantitative estimate of drug-likeness (QED) is 0.225. The zero-order chi connectivity index (χ0) is 8.27. The number of carbonyl (C=O) groups excluding carboxylic acids is 1. The van der Waals surface area contributed by atoms with Crippen LogP contribution in [0.4, 0.5) is 0 Å². The largest absolute Gasteiger partial charge is 1.00 e. The second kappa shape index (κ2) is 5.48. The summed E-state index contributed by atoms with van der Waals surface area (Å²) in [5, 5.41) is 12.4. The summed E-state index contributed by atoms with van der Waals surface area (Å²) in [7, 11) is 0. The molecule has 58 valence electrons. The van der Waals surface area contributed by atoms with E-state index >= 15 is 0 Å². The summed E-state index contributed by atoms with van der Waals surface area (Å²) in [6, 6.07) is 0. The van der Waals surface area contributed by atoms with E-state index in [0.717, 1.165) is 11.1 Å². The molecule has 0 saturated carbocycles. The molecule has 0 aliphatic rings. The number of ketones is 1. The minimum absolute atomic E-state index is 0. The minimum Gasteiger partial charge on any atom is -0.878 e. The van der Waals surface area contributed by atoms with Crippen LogP contribution in [0.5, 0.6) is 0 Å². The molecule has 5 heteroatoms. The monoisotopic (exact) mass is 191 g/mol. The Morgan fingerprint density at radius 3 is 2.83 bits per heavy atom. The van der Waals surface area contributed by atoms with Crippen LogP contribution < -0.4 is 34.7 Å². The first-order valence-corrected chi connectivity index (χ1v) is 3.87. The molecule has 0 spiro atoms. The first-order valence-electron chi connectivity index (χ1n) is 2.99. The maximum atomic E-state index is 10.9. The molecule has 0 saturated heterocycles. The summed E-state index contributed by atoms with van der Waals surface area (Å²) in [6.07, 6.45) is 1.44. The van der Waals surface area contributed by atoms with Gasteiger partial charge in [-0.25, -0.2) is 4.98 Å². The number of hydrogen-bond donors (Lipinski definition) is 0. The topological polar surface area (TPSA) is 53.0 Å². The summed E-state index contributed by atoms with van der Waals surface area (Å²) >= 11 is 1.39. The molecule has 1 aromatic rings. The molecule has 0 amide bonds. The summed E-state index contributed by atoms with van der Waals surface area (Å²) < 4.78 is 0. The van der Waals surface area contributed by atoms with Crippen molar-refractivity contribution in [2.24, 2.45) is 0 Å². The Hall–Kier alpha value is -0.160. The molecule has 0 bridgehead atoms. The molecule has 0 unspecified atom stereocenters. The van der Waals surface area contributed by atoms with E-state index in [9.17, 15) is 9.90 Å². The Balaban J connectivity index is 0.00000121. The van der Waals surface area contributed by atoms with Crippen LogP contribution in [0.1, 0.15) is 15.5 Å². The number of thiazole rings is 1. The van der Waals surface area contributed by atoms with Crippen molar-refractivity contribution in [3.63, 3.8) is 0 Å². The van der Waals surface area contributed by atoms with Crippen molar-refractivity contribution in [2.45, 2.75) is 6.92 Å². The average molecular weight is 191 g/mol. The average Bonchev–Trinajstić information content (AvgIpc) is 2.36. The molecule has 0 aromatic carbocycles. The number of aromatic nitrogens is 1. The number of rotatable bonds is 2. The number of hydrogen-bond acceptors (Lipinski definition) is 4. The van der Waals surface area contributed by atoms with E-state index in [1.54, 1.807) is 5.38 Å². The molecule has 0 fully saturated rings. The fourth-order valence-electron chi connectivity index (χ4n) is 0.624. The molecule has 3 nitrogen and oxygen atoms in total. The third-order valence-corrected chi connectivity index (χ3v) is 1.86. The van der Waals surface area contributed by atoms with Gasteiger partial charge in [-0.3, -0.25) is 4.79 Å². The van der Waals surface area contributed by atoms with Crippen LogP contribution in [0.15, 0.2) is 17.7 Å². The molecule has 0 atom stereocenters. The molecule has 0 aliphatic heterocycles.